The van der Waals surface area contributed by atoms with Crippen LogP contribution in [0.1, 0.15) is 5.69 Å². The van der Waals surface area contributed by atoms with Crippen LogP contribution in [-0.4, -0.2) is 14.7 Å². The molecule has 0 spiro atoms. The van der Waals surface area contributed by atoms with Crippen molar-refractivity contribution in [3.8, 4) is 5.69 Å². The highest BCUT2D eigenvalue weighted by atomic mass is 35.5. The maximum atomic E-state index is 8.86. The Morgan fingerprint density at radius 3 is 2.79 bits per heavy atom. The van der Waals surface area contributed by atoms with Gasteiger partial charge in [-0.3, -0.25) is 0 Å². The Kier molecular flexibility index (Phi) is 2.52. The van der Waals surface area contributed by atoms with Gasteiger partial charge in [-0.1, -0.05) is 23.7 Å². The summed E-state index contributed by atoms with van der Waals surface area (Å²) < 4.78 is 1.79. The summed E-state index contributed by atoms with van der Waals surface area (Å²) in [5, 5.41) is 9.52. The molecule has 2 rings (SSSR count). The van der Waals surface area contributed by atoms with Gasteiger partial charge in [0.15, 0.2) is 0 Å². The first-order valence-corrected chi connectivity index (χ1v) is 4.57. The van der Waals surface area contributed by atoms with Crippen molar-refractivity contribution in [2.24, 2.45) is 0 Å². The zero-order chi connectivity index (χ0) is 9.97. The Morgan fingerprint density at radius 2 is 2.14 bits per heavy atom. The highest BCUT2D eigenvalue weighted by molar-refractivity contribution is 6.32. The number of benzene rings is 1. The second-order valence-electron chi connectivity index (χ2n) is 2.88. The predicted molar refractivity (Wildman–Crippen MR) is 54.5 cm³/mol. The molecule has 0 radical (unpaired) electrons. The van der Waals surface area contributed by atoms with E-state index in [4.69, 9.17) is 16.7 Å². The first-order valence-electron chi connectivity index (χ1n) is 4.20. The van der Waals surface area contributed by atoms with Crippen LogP contribution >= 0.6 is 11.6 Å². The first-order chi connectivity index (χ1) is 6.81. The van der Waals surface area contributed by atoms with Gasteiger partial charge >= 0.3 is 0 Å². The van der Waals surface area contributed by atoms with Crippen molar-refractivity contribution in [1.82, 2.24) is 9.55 Å². The molecule has 0 fully saturated rings. The summed E-state index contributed by atoms with van der Waals surface area (Å²) >= 11 is 6.00. The molecular formula is C10H9ClN2O. The normalized spacial score (nSPS) is 10.4. The number of aromatic nitrogens is 2. The van der Waals surface area contributed by atoms with E-state index in [0.717, 1.165) is 5.69 Å². The van der Waals surface area contributed by atoms with E-state index >= 15 is 0 Å². The fourth-order valence-corrected chi connectivity index (χ4v) is 1.47. The number of imidazole rings is 1. The van der Waals surface area contributed by atoms with E-state index in [1.165, 1.54) is 0 Å². The van der Waals surface area contributed by atoms with Crippen LogP contribution in [-0.2, 0) is 6.61 Å². The van der Waals surface area contributed by atoms with Crippen molar-refractivity contribution in [3.63, 3.8) is 0 Å². The minimum atomic E-state index is -0.0581. The van der Waals surface area contributed by atoms with Crippen molar-refractivity contribution < 1.29 is 5.11 Å². The summed E-state index contributed by atoms with van der Waals surface area (Å²) in [4.78, 5) is 4.01. The van der Waals surface area contributed by atoms with Gasteiger partial charge in [-0.15, -0.1) is 0 Å². The van der Waals surface area contributed by atoms with Gasteiger partial charge < -0.3 is 9.67 Å². The molecule has 1 N–H and O–H groups in total. The number of rotatable bonds is 2. The highest BCUT2D eigenvalue weighted by Crippen LogP contribution is 2.19. The highest BCUT2D eigenvalue weighted by Gasteiger charge is 2.02. The van der Waals surface area contributed by atoms with Crippen LogP contribution in [0.15, 0.2) is 36.8 Å². The lowest BCUT2D eigenvalue weighted by atomic mass is 10.3. The van der Waals surface area contributed by atoms with Gasteiger partial charge in [0, 0.05) is 6.20 Å². The van der Waals surface area contributed by atoms with Crippen LogP contribution in [0.5, 0.6) is 0 Å². The number of para-hydroxylation sites is 1. The van der Waals surface area contributed by atoms with Crippen molar-refractivity contribution in [3.05, 3.63) is 47.5 Å². The average Bonchev–Trinajstić information content (AvgIpc) is 2.67. The number of hydrogen-bond acceptors (Lipinski definition) is 2. The second kappa shape index (κ2) is 3.82. The van der Waals surface area contributed by atoms with E-state index in [0.29, 0.717) is 10.7 Å². The molecule has 1 aromatic carbocycles. The molecule has 0 saturated carbocycles. The average molecular weight is 209 g/mol. The zero-order valence-corrected chi connectivity index (χ0v) is 8.15. The number of hydrogen-bond donors (Lipinski definition) is 1. The van der Waals surface area contributed by atoms with Crippen molar-refractivity contribution in [1.29, 1.82) is 0 Å². The number of aliphatic hydroxyl groups excluding tert-OH is 1. The van der Waals surface area contributed by atoms with Gasteiger partial charge in [-0.05, 0) is 12.1 Å². The summed E-state index contributed by atoms with van der Waals surface area (Å²) in [6.45, 7) is -0.0581. The van der Waals surface area contributed by atoms with E-state index in [-0.39, 0.29) is 6.61 Å². The van der Waals surface area contributed by atoms with Gasteiger partial charge in [0.05, 0.1) is 29.3 Å². The van der Waals surface area contributed by atoms with Crippen LogP contribution in [0.4, 0.5) is 0 Å². The summed E-state index contributed by atoms with van der Waals surface area (Å²) in [5.41, 5.74) is 1.49. The first kappa shape index (κ1) is 9.24. The lowest BCUT2D eigenvalue weighted by Crippen LogP contribution is -1.90. The summed E-state index contributed by atoms with van der Waals surface area (Å²) in [7, 11) is 0. The lowest BCUT2D eigenvalue weighted by Gasteiger charge is -2.02. The Morgan fingerprint density at radius 1 is 1.36 bits per heavy atom. The van der Waals surface area contributed by atoms with Gasteiger partial charge in [0.25, 0.3) is 0 Å². The molecule has 1 heterocycles. The van der Waals surface area contributed by atoms with Crippen LogP contribution < -0.4 is 0 Å². The van der Waals surface area contributed by atoms with Crippen LogP contribution in [0, 0.1) is 0 Å². The molecule has 14 heavy (non-hydrogen) atoms. The molecule has 3 nitrogen and oxygen atoms in total. The molecule has 0 aliphatic rings. The third-order valence-electron chi connectivity index (χ3n) is 1.93. The maximum absolute atomic E-state index is 8.86. The van der Waals surface area contributed by atoms with E-state index < -0.39 is 0 Å². The molecule has 0 atom stereocenters. The molecule has 2 aromatic rings. The molecule has 0 aliphatic carbocycles. The molecule has 0 amide bonds. The smallest absolute Gasteiger partial charge is 0.0996 e. The fourth-order valence-electron chi connectivity index (χ4n) is 1.24. The van der Waals surface area contributed by atoms with Gasteiger partial charge in [0.2, 0.25) is 0 Å². The van der Waals surface area contributed by atoms with Crippen molar-refractivity contribution in [2.45, 2.75) is 6.61 Å². The minimum absolute atomic E-state index is 0.0581. The third-order valence-corrected chi connectivity index (χ3v) is 2.25. The number of nitrogens with zero attached hydrogens (tertiary/aromatic N) is 2. The molecule has 0 saturated heterocycles. The Balaban J connectivity index is 2.44. The number of halogens is 1. The van der Waals surface area contributed by atoms with Gasteiger partial charge in [0.1, 0.15) is 0 Å². The zero-order valence-electron chi connectivity index (χ0n) is 7.39. The van der Waals surface area contributed by atoms with Crippen molar-refractivity contribution >= 4 is 11.6 Å². The van der Waals surface area contributed by atoms with Crippen LogP contribution in [0.25, 0.3) is 5.69 Å². The summed E-state index contributed by atoms with van der Waals surface area (Å²) in [6.07, 6.45) is 3.38. The van der Waals surface area contributed by atoms with Crippen molar-refractivity contribution in [2.75, 3.05) is 0 Å². The van der Waals surface area contributed by atoms with E-state index in [1.54, 1.807) is 17.1 Å². The third kappa shape index (κ3) is 1.64. The van der Waals surface area contributed by atoms with Gasteiger partial charge in [-0.2, -0.15) is 0 Å². The summed E-state index contributed by atoms with van der Waals surface area (Å²) in [6, 6.07) is 7.48. The molecule has 0 unspecified atom stereocenters. The Bertz CT molecular complexity index is 439. The van der Waals surface area contributed by atoms with E-state index in [2.05, 4.69) is 4.98 Å². The molecule has 1 aromatic heterocycles. The SMILES string of the molecule is OCc1cn(-c2ccccc2Cl)cn1. The Labute approximate surface area is 86.6 Å². The quantitative estimate of drug-likeness (QED) is 0.820. The minimum Gasteiger partial charge on any atom is -0.390 e. The monoisotopic (exact) mass is 208 g/mol. The van der Waals surface area contributed by atoms with Crippen LogP contribution in [0.2, 0.25) is 5.02 Å². The maximum Gasteiger partial charge on any atom is 0.0996 e. The second-order valence-corrected chi connectivity index (χ2v) is 3.29. The number of aliphatic hydroxyl groups is 1. The largest absolute Gasteiger partial charge is 0.390 e. The standard InChI is InChI=1S/C10H9ClN2O/c11-9-3-1-2-4-10(9)13-5-8(6-14)12-7-13/h1-5,7,14H,6H2. The molecule has 0 bridgehead atoms. The molecule has 0 aliphatic heterocycles. The van der Waals surface area contributed by atoms with E-state index in [9.17, 15) is 0 Å². The van der Waals surface area contributed by atoms with Crippen LogP contribution in [0.3, 0.4) is 0 Å². The van der Waals surface area contributed by atoms with Gasteiger partial charge in [-0.25, -0.2) is 4.98 Å². The molecule has 4 heteroatoms. The fraction of sp³-hybridized carbons (Fsp3) is 0.100. The molecule has 72 valence electrons. The predicted octanol–water partition coefficient (Wildman–Crippen LogP) is 2.02. The lowest BCUT2D eigenvalue weighted by molar-refractivity contribution is 0.277. The Hall–Kier alpha value is -1.32. The topological polar surface area (TPSA) is 38.0 Å². The molecular weight excluding hydrogens is 200 g/mol. The van der Waals surface area contributed by atoms with E-state index in [1.807, 2.05) is 24.3 Å². The summed E-state index contributed by atoms with van der Waals surface area (Å²) in [5.74, 6) is 0.